The fourth-order valence-corrected chi connectivity index (χ4v) is 1.80. The van der Waals surface area contributed by atoms with Crippen LogP contribution in [0.25, 0.3) is 5.52 Å². The van der Waals surface area contributed by atoms with Crippen molar-refractivity contribution in [3.63, 3.8) is 0 Å². The zero-order valence-corrected chi connectivity index (χ0v) is 9.82. The van der Waals surface area contributed by atoms with Crippen molar-refractivity contribution in [1.29, 1.82) is 0 Å². The Kier molecular flexibility index (Phi) is 2.77. The van der Waals surface area contributed by atoms with Gasteiger partial charge in [0.2, 0.25) is 0 Å². The number of aromatic nitrogens is 1. The van der Waals surface area contributed by atoms with E-state index in [1.165, 1.54) is 0 Å². The fraction of sp³-hybridized carbons (Fsp3) is 0.182. The van der Waals surface area contributed by atoms with E-state index in [9.17, 15) is 4.79 Å². The van der Waals surface area contributed by atoms with Gasteiger partial charge in [0, 0.05) is 23.7 Å². The van der Waals surface area contributed by atoms with E-state index < -0.39 is 0 Å². The van der Waals surface area contributed by atoms with Crippen molar-refractivity contribution < 1.29 is 4.74 Å². The molecule has 2 aromatic rings. The van der Waals surface area contributed by atoms with Crippen LogP contribution in [0.2, 0.25) is 0 Å². The minimum absolute atomic E-state index is 0.0235. The highest BCUT2D eigenvalue weighted by Crippen LogP contribution is 2.14. The van der Waals surface area contributed by atoms with Gasteiger partial charge in [-0.15, -0.1) is 0 Å². The van der Waals surface area contributed by atoms with Crippen LogP contribution in [0.3, 0.4) is 0 Å². The summed E-state index contributed by atoms with van der Waals surface area (Å²) < 4.78 is 6.70. The molecule has 0 N–H and O–H groups in total. The summed E-state index contributed by atoms with van der Waals surface area (Å²) in [5, 5.41) is 0.677. The van der Waals surface area contributed by atoms with Gasteiger partial charge in [0.25, 0.3) is 5.56 Å². The zero-order chi connectivity index (χ0) is 10.8. The molecule has 2 rings (SSSR count). The molecule has 0 spiro atoms. The summed E-state index contributed by atoms with van der Waals surface area (Å²) in [6, 6.07) is 7.18. The lowest BCUT2D eigenvalue weighted by atomic mass is 10.2. The lowest BCUT2D eigenvalue weighted by molar-refractivity contribution is 0.414. The van der Waals surface area contributed by atoms with Crippen LogP contribution in [0.4, 0.5) is 0 Å². The van der Waals surface area contributed by atoms with Crippen molar-refractivity contribution in [3.8, 4) is 5.75 Å². The molecule has 15 heavy (non-hydrogen) atoms. The van der Waals surface area contributed by atoms with E-state index in [1.807, 2.05) is 12.1 Å². The topological polar surface area (TPSA) is 30.7 Å². The van der Waals surface area contributed by atoms with Gasteiger partial charge in [0.05, 0.1) is 12.6 Å². The average Bonchev–Trinajstić information content (AvgIpc) is 2.28. The highest BCUT2D eigenvalue weighted by atomic mass is 79.9. The van der Waals surface area contributed by atoms with Crippen molar-refractivity contribution in [2.45, 2.75) is 5.33 Å². The van der Waals surface area contributed by atoms with Gasteiger partial charge in [-0.25, -0.2) is 0 Å². The van der Waals surface area contributed by atoms with E-state index in [2.05, 4.69) is 15.9 Å². The second kappa shape index (κ2) is 4.06. The molecule has 0 aliphatic carbocycles. The predicted octanol–water partition coefficient (Wildman–Crippen LogP) is 2.20. The quantitative estimate of drug-likeness (QED) is 0.782. The first-order chi connectivity index (χ1) is 7.24. The molecule has 0 saturated heterocycles. The molecular weight excluding hydrogens is 258 g/mol. The van der Waals surface area contributed by atoms with Crippen LogP contribution in [0.5, 0.6) is 5.75 Å². The molecule has 0 aromatic carbocycles. The molecule has 4 heteroatoms. The maximum Gasteiger partial charge on any atom is 0.255 e. The summed E-state index contributed by atoms with van der Waals surface area (Å²) in [7, 11) is 1.61. The van der Waals surface area contributed by atoms with Crippen molar-refractivity contribution in [2.24, 2.45) is 0 Å². The molecule has 0 atom stereocenters. The summed E-state index contributed by atoms with van der Waals surface area (Å²) in [5.74, 6) is 0.751. The second-order valence-electron chi connectivity index (χ2n) is 3.20. The highest BCUT2D eigenvalue weighted by molar-refractivity contribution is 9.08. The largest absolute Gasteiger partial charge is 0.497 e. The van der Waals surface area contributed by atoms with Crippen molar-refractivity contribution in [2.75, 3.05) is 7.11 Å². The van der Waals surface area contributed by atoms with Crippen molar-refractivity contribution in [3.05, 3.63) is 46.4 Å². The molecule has 0 amide bonds. The highest BCUT2D eigenvalue weighted by Gasteiger charge is 2.00. The summed E-state index contributed by atoms with van der Waals surface area (Å²) >= 11 is 3.33. The number of ether oxygens (including phenoxy) is 1. The number of alkyl halides is 1. The number of nitrogens with zero attached hydrogens (tertiary/aromatic N) is 1. The van der Waals surface area contributed by atoms with E-state index in [0.717, 1.165) is 16.8 Å². The van der Waals surface area contributed by atoms with Crippen LogP contribution in [0.1, 0.15) is 5.56 Å². The molecule has 78 valence electrons. The summed E-state index contributed by atoms with van der Waals surface area (Å²) in [4.78, 5) is 11.7. The molecule has 0 fully saturated rings. The van der Waals surface area contributed by atoms with Crippen LogP contribution in [-0.2, 0) is 5.33 Å². The molecule has 0 aliphatic rings. The molecule has 0 bridgehead atoms. The van der Waals surface area contributed by atoms with Crippen LogP contribution in [0, 0.1) is 0 Å². The molecule has 2 aromatic heterocycles. The first-order valence-corrected chi connectivity index (χ1v) is 5.62. The Morgan fingerprint density at radius 2 is 2.20 bits per heavy atom. The number of rotatable bonds is 2. The van der Waals surface area contributed by atoms with E-state index in [4.69, 9.17) is 4.74 Å². The zero-order valence-electron chi connectivity index (χ0n) is 8.24. The third kappa shape index (κ3) is 1.90. The van der Waals surface area contributed by atoms with Gasteiger partial charge < -0.3 is 4.74 Å². The lowest BCUT2D eigenvalue weighted by Crippen LogP contribution is -2.12. The first kappa shape index (κ1) is 10.2. The smallest absolute Gasteiger partial charge is 0.255 e. The number of hydrogen-bond acceptors (Lipinski definition) is 2. The van der Waals surface area contributed by atoms with Crippen LogP contribution in [0.15, 0.2) is 35.3 Å². The van der Waals surface area contributed by atoms with Crippen LogP contribution < -0.4 is 10.3 Å². The lowest BCUT2D eigenvalue weighted by Gasteiger charge is -2.05. The fourth-order valence-electron chi connectivity index (χ4n) is 1.47. The number of halogens is 1. The molecule has 0 saturated carbocycles. The normalized spacial score (nSPS) is 10.5. The number of fused-ring (bicyclic) bond motifs is 1. The Morgan fingerprint density at radius 1 is 1.40 bits per heavy atom. The van der Waals surface area contributed by atoms with Gasteiger partial charge in [-0.05, 0) is 17.7 Å². The maximum atomic E-state index is 11.7. The maximum absolute atomic E-state index is 11.7. The van der Waals surface area contributed by atoms with E-state index >= 15 is 0 Å². The van der Waals surface area contributed by atoms with Gasteiger partial charge >= 0.3 is 0 Å². The Balaban J connectivity index is 2.75. The Labute approximate surface area is 95.4 Å². The van der Waals surface area contributed by atoms with Crippen molar-refractivity contribution >= 4 is 21.4 Å². The van der Waals surface area contributed by atoms with Crippen molar-refractivity contribution in [1.82, 2.24) is 4.40 Å². The van der Waals surface area contributed by atoms with E-state index in [1.54, 1.807) is 29.8 Å². The molecule has 3 nitrogen and oxygen atoms in total. The molecule has 0 unspecified atom stereocenters. The van der Waals surface area contributed by atoms with Gasteiger partial charge in [0.1, 0.15) is 5.75 Å². The SMILES string of the molecule is COc1ccn2c(=O)cc(CBr)cc2c1. The standard InChI is InChI=1S/C11H10BrNO2/c1-15-10-2-3-13-9(6-10)4-8(7-12)5-11(13)14/h2-6H,7H2,1H3. The Bertz CT molecular complexity index is 543. The second-order valence-corrected chi connectivity index (χ2v) is 3.76. The minimum Gasteiger partial charge on any atom is -0.497 e. The van der Waals surface area contributed by atoms with Gasteiger partial charge in [-0.1, -0.05) is 15.9 Å². The Hall–Kier alpha value is -1.29. The first-order valence-electron chi connectivity index (χ1n) is 4.50. The van der Waals surface area contributed by atoms with Gasteiger partial charge in [0.15, 0.2) is 0 Å². The van der Waals surface area contributed by atoms with Crippen LogP contribution in [-0.4, -0.2) is 11.5 Å². The van der Waals surface area contributed by atoms with Crippen LogP contribution >= 0.6 is 15.9 Å². The summed E-state index contributed by atoms with van der Waals surface area (Å²) in [6.45, 7) is 0. The monoisotopic (exact) mass is 267 g/mol. The van der Waals surface area contributed by atoms with E-state index in [0.29, 0.717) is 5.33 Å². The number of hydrogen-bond donors (Lipinski definition) is 0. The molecule has 0 radical (unpaired) electrons. The molecule has 0 aliphatic heterocycles. The average molecular weight is 268 g/mol. The Morgan fingerprint density at radius 3 is 2.87 bits per heavy atom. The number of methoxy groups -OCH3 is 1. The summed E-state index contributed by atoms with van der Waals surface area (Å²) in [6.07, 6.45) is 1.72. The van der Waals surface area contributed by atoms with E-state index in [-0.39, 0.29) is 5.56 Å². The number of pyridine rings is 2. The third-order valence-electron chi connectivity index (χ3n) is 2.23. The third-order valence-corrected chi connectivity index (χ3v) is 2.87. The summed E-state index contributed by atoms with van der Waals surface area (Å²) in [5.41, 5.74) is 1.79. The minimum atomic E-state index is -0.0235. The predicted molar refractivity (Wildman–Crippen MR) is 62.9 cm³/mol. The van der Waals surface area contributed by atoms with Gasteiger partial charge in [-0.2, -0.15) is 0 Å². The molecule has 2 heterocycles. The van der Waals surface area contributed by atoms with Gasteiger partial charge in [-0.3, -0.25) is 9.20 Å². The molecular formula is C11H10BrNO2.